The van der Waals surface area contributed by atoms with E-state index in [9.17, 15) is 0 Å². The number of hydrogen-bond acceptors (Lipinski definition) is 7. The van der Waals surface area contributed by atoms with Gasteiger partial charge in [0, 0.05) is 13.7 Å². The number of aromatic nitrogens is 5. The van der Waals surface area contributed by atoms with Crippen molar-refractivity contribution in [3.8, 4) is 0 Å². The summed E-state index contributed by atoms with van der Waals surface area (Å²) in [5, 5.41) is 14.4. The van der Waals surface area contributed by atoms with E-state index in [-0.39, 0.29) is 6.04 Å². The predicted octanol–water partition coefficient (Wildman–Crippen LogP) is -1.10. The molecule has 1 atom stereocenters. The van der Waals surface area contributed by atoms with E-state index < -0.39 is 0 Å². The summed E-state index contributed by atoms with van der Waals surface area (Å²) in [6, 6.07) is 0.00148. The Kier molecular flexibility index (Phi) is 3.22. The van der Waals surface area contributed by atoms with Crippen LogP contribution in [0.15, 0.2) is 12.4 Å². The van der Waals surface area contributed by atoms with Gasteiger partial charge in [-0.1, -0.05) is 0 Å². The maximum Gasteiger partial charge on any atom is 0.199 e. The summed E-state index contributed by atoms with van der Waals surface area (Å²) in [5.41, 5.74) is 6.18. The van der Waals surface area contributed by atoms with E-state index in [1.807, 2.05) is 0 Å². The molecule has 2 aromatic rings. The molecule has 0 saturated heterocycles. The van der Waals surface area contributed by atoms with Crippen molar-refractivity contribution in [1.82, 2.24) is 25.0 Å². The Hall–Kier alpha value is -1.80. The van der Waals surface area contributed by atoms with Crippen LogP contribution in [0, 0.1) is 0 Å². The second-order valence-corrected chi connectivity index (χ2v) is 3.27. The summed E-state index contributed by atoms with van der Waals surface area (Å²) in [5.74, 6) is 0.690. The lowest BCUT2D eigenvalue weighted by Crippen LogP contribution is -2.33. The van der Waals surface area contributed by atoms with Crippen LogP contribution in [0.25, 0.3) is 5.65 Å². The topological polar surface area (TPSA) is 103 Å². The molecule has 0 saturated carbocycles. The van der Waals surface area contributed by atoms with Crippen LogP contribution in [0.2, 0.25) is 0 Å². The van der Waals surface area contributed by atoms with Crippen LogP contribution < -0.4 is 11.1 Å². The molecule has 0 aliphatic carbocycles. The smallest absolute Gasteiger partial charge is 0.199 e. The Balaban J connectivity index is 2.22. The molecule has 0 bridgehead atoms. The molecule has 16 heavy (non-hydrogen) atoms. The zero-order valence-corrected chi connectivity index (χ0v) is 8.87. The zero-order chi connectivity index (χ0) is 11.4. The number of methoxy groups -OCH3 is 1. The number of rotatable bonds is 5. The van der Waals surface area contributed by atoms with Gasteiger partial charge in [-0.15, -0.1) is 5.10 Å². The Morgan fingerprint density at radius 1 is 1.56 bits per heavy atom. The largest absolute Gasteiger partial charge is 0.383 e. The molecule has 0 radical (unpaired) electrons. The molecule has 3 N–H and O–H groups in total. The Bertz CT molecular complexity index is 456. The molecule has 8 heteroatoms. The third-order valence-corrected chi connectivity index (χ3v) is 2.11. The summed E-state index contributed by atoms with van der Waals surface area (Å²) < 4.78 is 6.60. The molecule has 86 valence electrons. The first-order chi connectivity index (χ1) is 7.85. The maximum absolute atomic E-state index is 5.60. The molecule has 2 heterocycles. The Morgan fingerprint density at radius 3 is 3.19 bits per heavy atom. The predicted molar refractivity (Wildman–Crippen MR) is 56.9 cm³/mol. The highest BCUT2D eigenvalue weighted by Crippen LogP contribution is 2.07. The quantitative estimate of drug-likeness (QED) is 0.663. The number of fused-ring (bicyclic) bond motifs is 1. The minimum absolute atomic E-state index is 0.00148. The second-order valence-electron chi connectivity index (χ2n) is 3.27. The van der Waals surface area contributed by atoms with Crippen molar-refractivity contribution in [1.29, 1.82) is 0 Å². The van der Waals surface area contributed by atoms with Gasteiger partial charge in [0.25, 0.3) is 0 Å². The van der Waals surface area contributed by atoms with Crippen molar-refractivity contribution in [2.45, 2.75) is 6.04 Å². The standard InChI is InChI=1S/C8H13N7O/c1-16-5-6(2-9)11-7-3-10-4-8-12-13-14-15(7)8/h3-4,6,11H,2,5,9H2,1H3. The van der Waals surface area contributed by atoms with E-state index in [0.29, 0.717) is 24.6 Å². The first-order valence-corrected chi connectivity index (χ1v) is 4.82. The highest BCUT2D eigenvalue weighted by Gasteiger charge is 2.09. The number of nitrogens with two attached hydrogens (primary N) is 1. The van der Waals surface area contributed by atoms with Gasteiger partial charge in [-0.05, 0) is 10.4 Å². The van der Waals surface area contributed by atoms with Gasteiger partial charge in [-0.2, -0.15) is 4.52 Å². The van der Waals surface area contributed by atoms with Crippen molar-refractivity contribution in [3.63, 3.8) is 0 Å². The van der Waals surface area contributed by atoms with Crippen LogP contribution in [-0.4, -0.2) is 51.3 Å². The van der Waals surface area contributed by atoms with E-state index in [2.05, 4.69) is 25.8 Å². The van der Waals surface area contributed by atoms with Gasteiger partial charge in [0.15, 0.2) is 11.5 Å². The van der Waals surface area contributed by atoms with Crippen LogP contribution in [0.1, 0.15) is 0 Å². The van der Waals surface area contributed by atoms with Crippen molar-refractivity contribution in [2.24, 2.45) is 5.73 Å². The van der Waals surface area contributed by atoms with Gasteiger partial charge in [0.05, 0.1) is 25.0 Å². The molecular weight excluding hydrogens is 210 g/mol. The molecule has 0 aromatic carbocycles. The third-order valence-electron chi connectivity index (χ3n) is 2.11. The van der Waals surface area contributed by atoms with Gasteiger partial charge in [0.1, 0.15) is 0 Å². The summed E-state index contributed by atoms with van der Waals surface area (Å²) in [6.45, 7) is 0.960. The number of ether oxygens (including phenoxy) is 1. The number of nitrogens with one attached hydrogen (secondary N) is 1. The number of tetrazole rings is 1. The van der Waals surface area contributed by atoms with Crippen molar-refractivity contribution in [3.05, 3.63) is 12.4 Å². The second kappa shape index (κ2) is 4.81. The van der Waals surface area contributed by atoms with Gasteiger partial charge in [0.2, 0.25) is 0 Å². The zero-order valence-electron chi connectivity index (χ0n) is 8.87. The molecule has 0 amide bonds. The summed E-state index contributed by atoms with van der Waals surface area (Å²) in [4.78, 5) is 4.03. The van der Waals surface area contributed by atoms with Crippen LogP contribution >= 0.6 is 0 Å². The van der Waals surface area contributed by atoms with E-state index in [1.165, 1.54) is 0 Å². The fourth-order valence-electron chi connectivity index (χ4n) is 1.35. The Labute approximate surface area is 91.8 Å². The van der Waals surface area contributed by atoms with Crippen LogP contribution in [0.5, 0.6) is 0 Å². The van der Waals surface area contributed by atoms with Gasteiger partial charge < -0.3 is 15.8 Å². The molecule has 2 rings (SSSR count). The van der Waals surface area contributed by atoms with Crippen molar-refractivity contribution < 1.29 is 4.74 Å². The molecule has 8 nitrogen and oxygen atoms in total. The molecule has 2 aromatic heterocycles. The van der Waals surface area contributed by atoms with E-state index >= 15 is 0 Å². The first-order valence-electron chi connectivity index (χ1n) is 4.82. The monoisotopic (exact) mass is 223 g/mol. The van der Waals surface area contributed by atoms with E-state index in [4.69, 9.17) is 10.5 Å². The number of anilines is 1. The minimum Gasteiger partial charge on any atom is -0.383 e. The first kappa shape index (κ1) is 10.7. The fraction of sp³-hybridized carbons (Fsp3) is 0.500. The third kappa shape index (κ3) is 2.07. The van der Waals surface area contributed by atoms with E-state index in [0.717, 1.165) is 0 Å². The summed E-state index contributed by atoms with van der Waals surface area (Å²) in [6.07, 6.45) is 3.22. The SMILES string of the molecule is COCC(CN)Nc1cncc2nnnn12. The average Bonchev–Trinajstić information content (AvgIpc) is 2.77. The lowest BCUT2D eigenvalue weighted by Gasteiger charge is -2.16. The molecule has 0 aliphatic rings. The number of nitrogens with zero attached hydrogens (tertiary/aromatic N) is 5. The van der Waals surface area contributed by atoms with Crippen molar-refractivity contribution in [2.75, 3.05) is 25.6 Å². The van der Waals surface area contributed by atoms with E-state index in [1.54, 1.807) is 24.0 Å². The average molecular weight is 223 g/mol. The maximum atomic E-state index is 5.60. The molecule has 1 unspecified atom stereocenters. The van der Waals surface area contributed by atoms with Crippen LogP contribution in [0.3, 0.4) is 0 Å². The summed E-state index contributed by atoms with van der Waals surface area (Å²) in [7, 11) is 1.63. The highest BCUT2D eigenvalue weighted by atomic mass is 16.5. The lowest BCUT2D eigenvalue weighted by atomic mass is 10.3. The molecule has 0 spiro atoms. The van der Waals surface area contributed by atoms with Crippen LogP contribution in [-0.2, 0) is 4.74 Å². The minimum atomic E-state index is 0.00148. The molecule has 0 fully saturated rings. The summed E-state index contributed by atoms with van der Waals surface area (Å²) >= 11 is 0. The lowest BCUT2D eigenvalue weighted by molar-refractivity contribution is 0.187. The molecular formula is C8H13N7O. The number of hydrogen-bond donors (Lipinski definition) is 2. The van der Waals surface area contributed by atoms with Gasteiger partial charge in [-0.3, -0.25) is 4.98 Å². The normalized spacial score (nSPS) is 12.9. The van der Waals surface area contributed by atoms with Gasteiger partial charge in [-0.25, -0.2) is 0 Å². The molecule has 0 aliphatic heterocycles. The fourth-order valence-corrected chi connectivity index (χ4v) is 1.35. The Morgan fingerprint density at radius 2 is 2.44 bits per heavy atom. The van der Waals surface area contributed by atoms with Crippen molar-refractivity contribution >= 4 is 11.5 Å². The highest BCUT2D eigenvalue weighted by molar-refractivity contribution is 5.44. The van der Waals surface area contributed by atoms with Gasteiger partial charge >= 0.3 is 0 Å². The van der Waals surface area contributed by atoms with Crippen LogP contribution in [0.4, 0.5) is 5.82 Å².